The third kappa shape index (κ3) is 7.74. The number of hydrogen-bond donors (Lipinski definition) is 1. The van der Waals surface area contributed by atoms with Crippen molar-refractivity contribution in [2.24, 2.45) is 11.8 Å². The molecular formula is C10H21NO4P+. The van der Waals surface area contributed by atoms with E-state index in [1.54, 1.807) is 0 Å². The van der Waals surface area contributed by atoms with Gasteiger partial charge in [-0.2, -0.15) is 0 Å². The number of hydroxylamine groups is 2. The first-order valence-corrected chi connectivity index (χ1v) is 6.75. The smallest absolute Gasteiger partial charge is 0.286 e. The lowest BCUT2D eigenvalue weighted by Crippen LogP contribution is -2.24. The van der Waals surface area contributed by atoms with Crippen LogP contribution in [0.3, 0.4) is 0 Å². The lowest BCUT2D eigenvalue weighted by atomic mass is 9.95. The van der Waals surface area contributed by atoms with Crippen LogP contribution in [0.5, 0.6) is 0 Å². The molecule has 0 rings (SSSR count). The number of amides is 1. The molecule has 0 aliphatic carbocycles. The molecule has 0 aromatic carbocycles. The largest absolute Gasteiger partial charge is 0.507 e. The van der Waals surface area contributed by atoms with E-state index in [1.165, 1.54) is 7.11 Å². The second-order valence-corrected chi connectivity index (χ2v) is 5.68. The molecule has 0 bridgehead atoms. The van der Waals surface area contributed by atoms with E-state index in [4.69, 9.17) is 9.73 Å². The lowest BCUT2D eigenvalue weighted by Gasteiger charge is -2.18. The first-order valence-electron chi connectivity index (χ1n) is 5.39. The molecule has 0 saturated heterocycles. The van der Waals surface area contributed by atoms with Gasteiger partial charge in [0.1, 0.15) is 0 Å². The molecular weight excluding hydrogens is 229 g/mol. The molecule has 0 aliphatic rings. The summed E-state index contributed by atoms with van der Waals surface area (Å²) in [4.78, 5) is 10.2. The van der Waals surface area contributed by atoms with Crippen LogP contribution in [-0.4, -0.2) is 36.5 Å². The molecule has 0 heterocycles. The average Bonchev–Trinajstić information content (AvgIpc) is 2.25. The fourth-order valence-corrected chi connectivity index (χ4v) is 2.49. The molecule has 0 saturated carbocycles. The van der Waals surface area contributed by atoms with Crippen LogP contribution < -0.4 is 0 Å². The van der Waals surface area contributed by atoms with E-state index < -0.39 is 8.03 Å². The van der Waals surface area contributed by atoms with Crippen molar-refractivity contribution in [3.63, 3.8) is 0 Å². The average molecular weight is 250 g/mol. The zero-order valence-corrected chi connectivity index (χ0v) is 11.0. The van der Waals surface area contributed by atoms with Crippen molar-refractivity contribution in [2.45, 2.75) is 26.7 Å². The Kier molecular flexibility index (Phi) is 8.35. The van der Waals surface area contributed by atoms with E-state index in [0.717, 1.165) is 12.8 Å². The summed E-state index contributed by atoms with van der Waals surface area (Å²) in [6.07, 6.45) is 2.69. The van der Waals surface area contributed by atoms with Gasteiger partial charge in [-0.15, -0.1) is 4.52 Å². The molecule has 3 atom stereocenters. The van der Waals surface area contributed by atoms with Crippen molar-refractivity contribution in [1.82, 2.24) is 5.06 Å². The predicted molar refractivity (Wildman–Crippen MR) is 61.6 cm³/mol. The molecule has 0 aliphatic heterocycles. The van der Waals surface area contributed by atoms with E-state index >= 15 is 0 Å². The third-order valence-electron chi connectivity index (χ3n) is 2.43. The maximum Gasteiger partial charge on any atom is 0.507 e. The van der Waals surface area contributed by atoms with Crippen LogP contribution in [0.2, 0.25) is 0 Å². The SMILES string of the molecule is CO[P+](=O)CCC(C)CC(C)CN(O)C=O. The fraction of sp³-hybridized carbons (Fsp3) is 0.900. The maximum absolute atomic E-state index is 11.1. The Balaban J connectivity index is 3.73. The van der Waals surface area contributed by atoms with Gasteiger partial charge in [-0.3, -0.25) is 10.0 Å². The van der Waals surface area contributed by atoms with Gasteiger partial charge in [0.05, 0.1) is 13.7 Å². The van der Waals surface area contributed by atoms with Crippen LogP contribution in [0.1, 0.15) is 26.7 Å². The molecule has 0 aromatic heterocycles. The zero-order valence-electron chi connectivity index (χ0n) is 10.1. The highest BCUT2D eigenvalue weighted by molar-refractivity contribution is 7.39. The normalized spacial score (nSPS) is 15.4. The number of carbonyl (C=O) groups is 1. The molecule has 0 fully saturated rings. The van der Waals surface area contributed by atoms with Gasteiger partial charge in [0.15, 0.2) is 6.16 Å². The summed E-state index contributed by atoms with van der Waals surface area (Å²) < 4.78 is 15.8. The van der Waals surface area contributed by atoms with Gasteiger partial charge in [-0.1, -0.05) is 13.8 Å². The van der Waals surface area contributed by atoms with E-state index in [-0.39, 0.29) is 5.92 Å². The number of rotatable bonds is 9. The minimum absolute atomic E-state index is 0.227. The summed E-state index contributed by atoms with van der Waals surface area (Å²) >= 11 is 0. The Bertz CT molecular complexity index is 225. The summed E-state index contributed by atoms with van der Waals surface area (Å²) in [6.45, 7) is 4.38. The summed E-state index contributed by atoms with van der Waals surface area (Å²) in [5.41, 5.74) is 0. The van der Waals surface area contributed by atoms with Crippen molar-refractivity contribution >= 4 is 14.4 Å². The van der Waals surface area contributed by atoms with Crippen LogP contribution in [0.4, 0.5) is 0 Å². The van der Waals surface area contributed by atoms with Crippen LogP contribution in [-0.2, 0) is 13.9 Å². The van der Waals surface area contributed by atoms with Gasteiger partial charge in [0.25, 0.3) is 0 Å². The fourth-order valence-electron chi connectivity index (χ4n) is 1.66. The van der Waals surface area contributed by atoms with Gasteiger partial charge < -0.3 is 0 Å². The van der Waals surface area contributed by atoms with Crippen molar-refractivity contribution in [3.8, 4) is 0 Å². The molecule has 0 aromatic rings. The molecule has 1 N–H and O–H groups in total. The topological polar surface area (TPSA) is 66.8 Å². The van der Waals surface area contributed by atoms with E-state index in [0.29, 0.717) is 30.1 Å². The first-order chi connectivity index (χ1) is 7.49. The molecule has 94 valence electrons. The maximum atomic E-state index is 11.1. The summed E-state index contributed by atoms with van der Waals surface area (Å²) in [6, 6.07) is 0. The Labute approximate surface area is 97.6 Å². The van der Waals surface area contributed by atoms with Crippen molar-refractivity contribution in [2.75, 3.05) is 19.8 Å². The van der Waals surface area contributed by atoms with Crippen molar-refractivity contribution in [1.29, 1.82) is 0 Å². The van der Waals surface area contributed by atoms with Gasteiger partial charge in [-0.25, -0.2) is 5.06 Å². The Morgan fingerprint density at radius 1 is 1.44 bits per heavy atom. The first kappa shape index (κ1) is 15.5. The second kappa shape index (κ2) is 8.62. The van der Waals surface area contributed by atoms with E-state index in [2.05, 4.69) is 6.92 Å². The highest BCUT2D eigenvalue weighted by atomic mass is 31.1. The highest BCUT2D eigenvalue weighted by Crippen LogP contribution is 2.25. The van der Waals surface area contributed by atoms with Crippen LogP contribution in [0.15, 0.2) is 0 Å². The second-order valence-electron chi connectivity index (χ2n) is 4.20. The molecule has 6 heteroatoms. The summed E-state index contributed by atoms with van der Waals surface area (Å²) in [5.74, 6) is 0.634. The van der Waals surface area contributed by atoms with E-state index in [1.807, 2.05) is 6.92 Å². The Morgan fingerprint density at radius 2 is 2.06 bits per heavy atom. The van der Waals surface area contributed by atoms with Crippen molar-refractivity contribution < 1.29 is 19.1 Å². The Morgan fingerprint density at radius 3 is 2.56 bits per heavy atom. The van der Waals surface area contributed by atoms with E-state index in [9.17, 15) is 9.36 Å². The number of hydrogen-bond acceptors (Lipinski definition) is 4. The van der Waals surface area contributed by atoms with Gasteiger partial charge in [-0.05, 0) is 29.2 Å². The lowest BCUT2D eigenvalue weighted by molar-refractivity contribution is -0.152. The van der Waals surface area contributed by atoms with Gasteiger partial charge in [0, 0.05) is 0 Å². The molecule has 5 nitrogen and oxygen atoms in total. The monoisotopic (exact) mass is 250 g/mol. The summed E-state index contributed by atoms with van der Waals surface area (Å²) in [5, 5.41) is 9.66. The molecule has 3 unspecified atom stereocenters. The molecule has 1 amide bonds. The molecule has 0 spiro atoms. The van der Waals surface area contributed by atoms with Crippen LogP contribution in [0.25, 0.3) is 0 Å². The molecule has 0 radical (unpaired) electrons. The van der Waals surface area contributed by atoms with Crippen LogP contribution in [0, 0.1) is 11.8 Å². The predicted octanol–water partition coefficient (Wildman–Crippen LogP) is 2.28. The van der Waals surface area contributed by atoms with Gasteiger partial charge >= 0.3 is 8.03 Å². The molecule has 16 heavy (non-hydrogen) atoms. The quantitative estimate of drug-likeness (QED) is 0.295. The number of nitrogens with zero attached hydrogens (tertiary/aromatic N) is 1. The zero-order chi connectivity index (χ0) is 12.6. The minimum atomic E-state index is -1.52. The summed E-state index contributed by atoms with van der Waals surface area (Å²) in [7, 11) is -0.0775. The highest BCUT2D eigenvalue weighted by Gasteiger charge is 2.18. The van der Waals surface area contributed by atoms with Crippen molar-refractivity contribution in [3.05, 3.63) is 0 Å². The van der Waals surface area contributed by atoms with Gasteiger partial charge in [0.2, 0.25) is 6.41 Å². The van der Waals surface area contributed by atoms with Crippen LogP contribution >= 0.6 is 8.03 Å². The third-order valence-corrected chi connectivity index (χ3v) is 3.46. The minimum Gasteiger partial charge on any atom is -0.286 e. The standard InChI is InChI=1S/C10H21NO4P/c1-9(4-5-16(14)15-3)6-10(2)7-11(13)8-12/h8-10,13H,4-7H2,1-3H3/q+1. The Hall–Kier alpha value is -0.510. The number of carbonyl (C=O) groups excluding carboxylic acids is 1.